The first-order valence-electron chi connectivity index (χ1n) is 14.1. The summed E-state index contributed by atoms with van der Waals surface area (Å²) in [6, 6.07) is 8.23. The van der Waals surface area contributed by atoms with Crippen molar-refractivity contribution in [3.05, 3.63) is 47.3 Å². The number of aromatic nitrogens is 4. The van der Waals surface area contributed by atoms with E-state index in [1.165, 1.54) is 11.1 Å². The van der Waals surface area contributed by atoms with Gasteiger partial charge < -0.3 is 25.4 Å². The summed E-state index contributed by atoms with van der Waals surface area (Å²) in [5.41, 5.74) is 8.38. The first kappa shape index (κ1) is 26.5. The van der Waals surface area contributed by atoms with E-state index in [1.807, 2.05) is 26.8 Å². The lowest BCUT2D eigenvalue weighted by molar-refractivity contribution is -0.0371. The van der Waals surface area contributed by atoms with Crippen molar-refractivity contribution in [2.45, 2.75) is 77.2 Å². The van der Waals surface area contributed by atoms with Crippen LogP contribution >= 0.6 is 0 Å². The number of carbonyl (C=O) groups is 2. The fourth-order valence-electron chi connectivity index (χ4n) is 6.43. The zero-order chi connectivity index (χ0) is 28.1. The van der Waals surface area contributed by atoms with E-state index in [0.29, 0.717) is 17.8 Å². The smallest absolute Gasteiger partial charge is 0.408 e. The fraction of sp³-hybridized carbons (Fsp3) is 0.552. The van der Waals surface area contributed by atoms with Gasteiger partial charge in [-0.3, -0.25) is 4.79 Å². The number of hydrogen-bond donors (Lipinski definition) is 2. The first-order valence-corrected chi connectivity index (χ1v) is 14.1. The Morgan fingerprint density at radius 2 is 1.95 bits per heavy atom. The summed E-state index contributed by atoms with van der Waals surface area (Å²) in [6.45, 7) is 7.76. The molecule has 11 heteroatoms. The van der Waals surface area contributed by atoms with Gasteiger partial charge in [-0.15, -0.1) is 0 Å². The van der Waals surface area contributed by atoms with Crippen LogP contribution < -0.4 is 16.0 Å². The molecule has 2 fully saturated rings. The number of fused-ring (bicyclic) bond motifs is 2. The lowest BCUT2D eigenvalue weighted by Crippen LogP contribution is -2.48. The number of ether oxygens (including phenoxy) is 2. The predicted molar refractivity (Wildman–Crippen MR) is 149 cm³/mol. The summed E-state index contributed by atoms with van der Waals surface area (Å²) in [5.74, 6) is 0.0911. The molecule has 40 heavy (non-hydrogen) atoms. The zero-order valence-corrected chi connectivity index (χ0v) is 23.4. The molecule has 0 bridgehead atoms. The highest BCUT2D eigenvalue weighted by atomic mass is 16.6. The minimum Gasteiger partial charge on any atom is -0.444 e. The normalized spacial score (nSPS) is 22.3. The number of nitrogens with zero attached hydrogens (tertiary/aromatic N) is 5. The van der Waals surface area contributed by atoms with Gasteiger partial charge in [-0.1, -0.05) is 24.3 Å². The van der Waals surface area contributed by atoms with E-state index in [0.717, 1.165) is 57.4 Å². The third-order valence-electron chi connectivity index (χ3n) is 8.32. The van der Waals surface area contributed by atoms with Crippen LogP contribution in [0.3, 0.4) is 0 Å². The SMILES string of the molecule is CC(C)(C)OC(=O)N[C@@H]1c2ccccc2CC12CCN(c1cnc3c(C(N)=O)nn(C4CCCCO4)c3n1)CC2. The van der Waals surface area contributed by atoms with Crippen LogP contribution in [0.2, 0.25) is 0 Å². The molecule has 1 aliphatic carbocycles. The minimum atomic E-state index is -0.633. The molecule has 0 radical (unpaired) electrons. The van der Waals surface area contributed by atoms with Gasteiger partial charge in [-0.05, 0) is 70.4 Å². The highest BCUT2D eigenvalue weighted by Crippen LogP contribution is 2.52. The second-order valence-electron chi connectivity index (χ2n) is 12.2. The van der Waals surface area contributed by atoms with Gasteiger partial charge in [0.05, 0.1) is 12.2 Å². The van der Waals surface area contributed by atoms with Crippen molar-refractivity contribution in [1.82, 2.24) is 25.1 Å². The van der Waals surface area contributed by atoms with Gasteiger partial charge >= 0.3 is 6.09 Å². The highest BCUT2D eigenvalue weighted by molar-refractivity contribution is 6.01. The number of alkyl carbamates (subject to hydrolysis) is 1. The fourth-order valence-corrected chi connectivity index (χ4v) is 6.43. The lowest BCUT2D eigenvalue weighted by atomic mass is 9.72. The summed E-state index contributed by atoms with van der Waals surface area (Å²) in [5, 5.41) is 7.68. The Bertz CT molecular complexity index is 1430. The quantitative estimate of drug-likeness (QED) is 0.499. The Morgan fingerprint density at radius 1 is 1.18 bits per heavy atom. The Morgan fingerprint density at radius 3 is 2.65 bits per heavy atom. The molecule has 212 valence electrons. The van der Waals surface area contributed by atoms with Gasteiger partial charge in [-0.25, -0.2) is 19.4 Å². The third-order valence-corrected chi connectivity index (χ3v) is 8.32. The lowest BCUT2D eigenvalue weighted by Gasteiger charge is -2.43. The zero-order valence-electron chi connectivity index (χ0n) is 23.4. The van der Waals surface area contributed by atoms with E-state index in [2.05, 4.69) is 38.5 Å². The maximum absolute atomic E-state index is 12.9. The first-order chi connectivity index (χ1) is 19.1. The highest BCUT2D eigenvalue weighted by Gasteiger charge is 2.49. The molecule has 11 nitrogen and oxygen atoms in total. The molecule has 6 rings (SSSR count). The molecule has 4 heterocycles. The average Bonchev–Trinajstić information content (AvgIpc) is 3.44. The number of anilines is 1. The number of benzene rings is 1. The van der Waals surface area contributed by atoms with Gasteiger partial charge in [0.15, 0.2) is 17.6 Å². The van der Waals surface area contributed by atoms with Crippen LogP contribution in [-0.2, 0) is 15.9 Å². The molecule has 2 aliphatic heterocycles. The number of nitrogens with one attached hydrogen (secondary N) is 1. The molecule has 1 aromatic carbocycles. The van der Waals surface area contributed by atoms with E-state index in [-0.39, 0.29) is 23.4 Å². The van der Waals surface area contributed by atoms with Crippen LogP contribution in [0.4, 0.5) is 10.6 Å². The van der Waals surface area contributed by atoms with Gasteiger partial charge in [-0.2, -0.15) is 5.10 Å². The van der Waals surface area contributed by atoms with Crippen LogP contribution in [0.1, 0.15) is 86.8 Å². The predicted octanol–water partition coefficient (Wildman–Crippen LogP) is 4.03. The molecule has 2 aromatic heterocycles. The summed E-state index contributed by atoms with van der Waals surface area (Å²) >= 11 is 0. The largest absolute Gasteiger partial charge is 0.444 e. The molecule has 2 atom stereocenters. The molecular weight excluding hydrogens is 510 g/mol. The van der Waals surface area contributed by atoms with E-state index in [9.17, 15) is 9.59 Å². The standard InChI is InChI=1S/C29H37N7O4/c1-28(2,3)40-27(38)33-24-19-9-5-4-8-18(19)16-29(24)11-13-35(14-12-29)20-17-31-23-22(25(30)37)34-36(26(23)32-20)21-10-6-7-15-39-21/h4-5,8-9,17,21,24H,6-7,10-16H2,1-3H3,(H2,30,37)(H,33,38)/t21?,24-/m1/s1. The van der Waals surface area contributed by atoms with Crippen molar-refractivity contribution in [3.8, 4) is 0 Å². The van der Waals surface area contributed by atoms with Crippen molar-refractivity contribution >= 4 is 29.0 Å². The van der Waals surface area contributed by atoms with Gasteiger partial charge in [0, 0.05) is 25.1 Å². The second-order valence-corrected chi connectivity index (χ2v) is 12.2. The molecule has 3 aromatic rings. The number of primary amides is 1. The van der Waals surface area contributed by atoms with Crippen LogP contribution in [-0.4, -0.2) is 57.0 Å². The maximum atomic E-state index is 12.9. The van der Waals surface area contributed by atoms with Gasteiger partial charge in [0.2, 0.25) is 0 Å². The van der Waals surface area contributed by atoms with E-state index in [4.69, 9.17) is 20.2 Å². The minimum absolute atomic E-state index is 0.112. The molecule has 3 N–H and O–H groups in total. The summed E-state index contributed by atoms with van der Waals surface area (Å²) < 4.78 is 13.2. The Labute approximate surface area is 233 Å². The maximum Gasteiger partial charge on any atom is 0.408 e. The van der Waals surface area contributed by atoms with Crippen LogP contribution in [0.5, 0.6) is 0 Å². The van der Waals surface area contributed by atoms with Crippen molar-refractivity contribution in [2.24, 2.45) is 11.1 Å². The van der Waals surface area contributed by atoms with Crippen molar-refractivity contribution < 1.29 is 19.1 Å². The Hall–Kier alpha value is -3.73. The molecule has 1 spiro atoms. The molecule has 2 saturated heterocycles. The number of amides is 2. The van der Waals surface area contributed by atoms with Gasteiger partial charge in [0.25, 0.3) is 5.91 Å². The number of hydrogen-bond acceptors (Lipinski definition) is 8. The number of carbonyl (C=O) groups excluding carboxylic acids is 2. The number of rotatable bonds is 4. The molecule has 0 saturated carbocycles. The monoisotopic (exact) mass is 547 g/mol. The number of piperidine rings is 1. The van der Waals surface area contributed by atoms with Crippen LogP contribution in [0, 0.1) is 5.41 Å². The Kier molecular flexibility index (Phi) is 6.64. The van der Waals surface area contributed by atoms with E-state index in [1.54, 1.807) is 10.9 Å². The Balaban J connectivity index is 1.25. The van der Waals surface area contributed by atoms with Crippen molar-refractivity contribution in [1.29, 1.82) is 0 Å². The summed E-state index contributed by atoms with van der Waals surface area (Å²) in [7, 11) is 0. The van der Waals surface area contributed by atoms with E-state index < -0.39 is 17.6 Å². The van der Waals surface area contributed by atoms with Crippen LogP contribution in [0.25, 0.3) is 11.2 Å². The molecule has 2 amide bonds. The summed E-state index contributed by atoms with van der Waals surface area (Å²) in [4.78, 5) is 36.7. The van der Waals surface area contributed by atoms with Crippen LogP contribution in [0.15, 0.2) is 30.5 Å². The average molecular weight is 548 g/mol. The molecule has 3 aliphatic rings. The second kappa shape index (κ2) is 10.0. The van der Waals surface area contributed by atoms with Crippen molar-refractivity contribution in [2.75, 3.05) is 24.6 Å². The molecular formula is C29H37N7O4. The van der Waals surface area contributed by atoms with Gasteiger partial charge in [0.1, 0.15) is 16.9 Å². The van der Waals surface area contributed by atoms with E-state index >= 15 is 0 Å². The third kappa shape index (κ3) is 4.87. The van der Waals surface area contributed by atoms with Crippen molar-refractivity contribution in [3.63, 3.8) is 0 Å². The summed E-state index contributed by atoms with van der Waals surface area (Å²) in [6.07, 6.45) is 6.43. The molecule has 1 unspecified atom stereocenters. The number of nitrogens with two attached hydrogens (primary N) is 1. The topological polar surface area (TPSA) is 137 Å².